The number of aryl methyl sites for hydroxylation is 1. The zero-order valence-corrected chi connectivity index (χ0v) is 13.5. The maximum atomic E-state index is 12.2. The number of Topliss-reactive ketones (excluding diaryl/α,β-unsaturated/α-hetero) is 1. The average molecular weight is 315 g/mol. The molecule has 6 heteroatoms. The van der Waals surface area contributed by atoms with Gasteiger partial charge in [-0.15, -0.1) is 0 Å². The summed E-state index contributed by atoms with van der Waals surface area (Å²) in [5.74, 6) is -0.169. The molecule has 2 rings (SSSR count). The van der Waals surface area contributed by atoms with Gasteiger partial charge in [0, 0.05) is 16.9 Å². The number of ketones is 1. The van der Waals surface area contributed by atoms with E-state index in [1.807, 2.05) is 19.9 Å². The van der Waals surface area contributed by atoms with Crippen LogP contribution in [0.1, 0.15) is 29.9 Å². The first-order valence-electron chi connectivity index (χ1n) is 6.83. The van der Waals surface area contributed by atoms with Gasteiger partial charge in [-0.1, -0.05) is 23.9 Å². The molecule has 0 saturated heterocycles. The first-order valence-corrected chi connectivity index (χ1v) is 7.71. The van der Waals surface area contributed by atoms with E-state index in [0.29, 0.717) is 11.3 Å². The third kappa shape index (κ3) is 4.39. The second kappa shape index (κ2) is 7.17. The number of amides is 1. The Kier molecular flexibility index (Phi) is 5.27. The molecule has 0 aliphatic carbocycles. The largest absolute Gasteiger partial charge is 0.325 e. The maximum absolute atomic E-state index is 12.2. The highest BCUT2D eigenvalue weighted by Gasteiger charge is 2.15. The zero-order valence-electron chi connectivity index (χ0n) is 12.7. The Morgan fingerprint density at radius 3 is 2.68 bits per heavy atom. The maximum Gasteiger partial charge on any atom is 0.237 e. The highest BCUT2D eigenvalue weighted by Crippen LogP contribution is 2.22. The minimum absolute atomic E-state index is 0.0324. The van der Waals surface area contributed by atoms with E-state index in [9.17, 15) is 9.59 Å². The molecule has 1 N–H and O–H groups in total. The van der Waals surface area contributed by atoms with Gasteiger partial charge >= 0.3 is 0 Å². The average Bonchev–Trinajstić information content (AvgIpc) is 2.47. The van der Waals surface area contributed by atoms with Crippen LogP contribution in [0.4, 0.5) is 5.69 Å². The molecule has 0 fully saturated rings. The predicted octanol–water partition coefficient (Wildman–Crippen LogP) is 3.11. The molecule has 2 aromatic rings. The fraction of sp³-hybridized carbons (Fsp3) is 0.250. The minimum atomic E-state index is -0.310. The van der Waals surface area contributed by atoms with Gasteiger partial charge in [0.25, 0.3) is 0 Å². The topological polar surface area (TPSA) is 72.0 Å². The molecular formula is C16H17N3O2S. The number of anilines is 1. The lowest BCUT2D eigenvalue weighted by molar-refractivity contribution is -0.115. The summed E-state index contributed by atoms with van der Waals surface area (Å²) in [6, 6.07) is 8.74. The van der Waals surface area contributed by atoms with Gasteiger partial charge in [-0.3, -0.25) is 9.59 Å². The molecule has 1 unspecified atom stereocenters. The van der Waals surface area contributed by atoms with Crippen molar-refractivity contribution in [1.82, 2.24) is 9.97 Å². The summed E-state index contributed by atoms with van der Waals surface area (Å²) < 4.78 is 0. The molecule has 1 aromatic carbocycles. The number of nitrogens with zero attached hydrogens (tertiary/aromatic N) is 2. The molecule has 22 heavy (non-hydrogen) atoms. The molecule has 0 aliphatic rings. The van der Waals surface area contributed by atoms with E-state index < -0.39 is 0 Å². The van der Waals surface area contributed by atoms with Crippen molar-refractivity contribution in [2.75, 3.05) is 5.32 Å². The van der Waals surface area contributed by atoms with E-state index in [1.54, 1.807) is 24.3 Å². The highest BCUT2D eigenvalue weighted by molar-refractivity contribution is 8.00. The summed E-state index contributed by atoms with van der Waals surface area (Å²) >= 11 is 1.37. The summed E-state index contributed by atoms with van der Waals surface area (Å²) in [7, 11) is 0. The molecule has 0 bridgehead atoms. The van der Waals surface area contributed by atoms with Gasteiger partial charge in [-0.25, -0.2) is 9.97 Å². The van der Waals surface area contributed by atoms with Crippen LogP contribution >= 0.6 is 11.8 Å². The number of hydrogen-bond donors (Lipinski definition) is 1. The number of carbonyl (C=O) groups excluding carboxylic acids is 2. The van der Waals surface area contributed by atoms with Gasteiger partial charge < -0.3 is 5.32 Å². The Hall–Kier alpha value is -2.21. The molecule has 1 aromatic heterocycles. The SMILES string of the molecule is CC(=O)c1cccc(NC(=O)C(C)Sc2cc(C)ncn2)c1. The molecule has 0 radical (unpaired) electrons. The van der Waals surface area contributed by atoms with E-state index in [4.69, 9.17) is 0 Å². The number of benzene rings is 1. The van der Waals surface area contributed by atoms with Crippen LogP contribution in [0.3, 0.4) is 0 Å². The van der Waals surface area contributed by atoms with Gasteiger partial charge in [-0.05, 0) is 39.0 Å². The van der Waals surface area contributed by atoms with Crippen molar-refractivity contribution in [3.63, 3.8) is 0 Å². The number of hydrogen-bond acceptors (Lipinski definition) is 5. The first-order chi connectivity index (χ1) is 10.5. The van der Waals surface area contributed by atoms with Crippen molar-refractivity contribution in [3.05, 3.63) is 47.9 Å². The zero-order chi connectivity index (χ0) is 16.1. The van der Waals surface area contributed by atoms with Crippen LogP contribution < -0.4 is 5.32 Å². The smallest absolute Gasteiger partial charge is 0.237 e. The lowest BCUT2D eigenvalue weighted by Crippen LogP contribution is -2.22. The van der Waals surface area contributed by atoms with E-state index in [0.717, 1.165) is 10.7 Å². The van der Waals surface area contributed by atoms with Gasteiger partial charge in [0.1, 0.15) is 11.4 Å². The van der Waals surface area contributed by atoms with Crippen molar-refractivity contribution >= 4 is 29.1 Å². The fourth-order valence-corrected chi connectivity index (χ4v) is 2.66. The van der Waals surface area contributed by atoms with Crippen LogP contribution in [0.5, 0.6) is 0 Å². The summed E-state index contributed by atoms with van der Waals surface area (Å²) in [5.41, 5.74) is 2.05. The number of carbonyl (C=O) groups is 2. The number of aromatic nitrogens is 2. The highest BCUT2D eigenvalue weighted by atomic mass is 32.2. The molecule has 114 valence electrons. The van der Waals surface area contributed by atoms with Crippen LogP contribution in [0.25, 0.3) is 0 Å². The second-order valence-corrected chi connectivity index (χ2v) is 6.25. The predicted molar refractivity (Wildman–Crippen MR) is 87.2 cm³/mol. The van der Waals surface area contributed by atoms with Gasteiger partial charge in [-0.2, -0.15) is 0 Å². The second-order valence-electron chi connectivity index (χ2n) is 4.88. The van der Waals surface area contributed by atoms with Crippen LogP contribution in [0.15, 0.2) is 41.7 Å². The monoisotopic (exact) mass is 315 g/mol. The summed E-state index contributed by atoms with van der Waals surface area (Å²) in [6.45, 7) is 5.19. The van der Waals surface area contributed by atoms with Crippen molar-refractivity contribution in [2.45, 2.75) is 31.0 Å². The molecule has 1 atom stereocenters. The number of nitrogens with one attached hydrogen (secondary N) is 1. The van der Waals surface area contributed by atoms with E-state index in [-0.39, 0.29) is 16.9 Å². The van der Waals surface area contributed by atoms with Gasteiger partial charge in [0.2, 0.25) is 5.91 Å². The van der Waals surface area contributed by atoms with Crippen LogP contribution in [-0.4, -0.2) is 26.9 Å². The van der Waals surface area contributed by atoms with E-state index >= 15 is 0 Å². The minimum Gasteiger partial charge on any atom is -0.325 e. The lowest BCUT2D eigenvalue weighted by Gasteiger charge is -2.12. The van der Waals surface area contributed by atoms with Gasteiger partial charge in [0.15, 0.2) is 5.78 Å². The van der Waals surface area contributed by atoms with Crippen LogP contribution in [0, 0.1) is 6.92 Å². The fourth-order valence-electron chi connectivity index (χ4n) is 1.79. The standard InChI is InChI=1S/C16H17N3O2S/c1-10-7-15(18-9-17-10)22-12(3)16(21)19-14-6-4-5-13(8-14)11(2)20/h4-9,12H,1-3H3,(H,19,21). The number of rotatable bonds is 5. The van der Waals surface area contributed by atoms with E-state index in [1.165, 1.54) is 25.0 Å². The quantitative estimate of drug-likeness (QED) is 0.521. The Bertz CT molecular complexity index is 703. The van der Waals surface area contributed by atoms with Gasteiger partial charge in [0.05, 0.1) is 5.25 Å². The summed E-state index contributed by atoms with van der Waals surface area (Å²) in [5, 5.41) is 3.26. The lowest BCUT2D eigenvalue weighted by atomic mass is 10.1. The van der Waals surface area contributed by atoms with Crippen LogP contribution in [0.2, 0.25) is 0 Å². The Morgan fingerprint density at radius 1 is 1.23 bits per heavy atom. The first kappa shape index (κ1) is 16.2. The molecule has 5 nitrogen and oxygen atoms in total. The molecule has 0 saturated carbocycles. The molecule has 1 heterocycles. The summed E-state index contributed by atoms with van der Waals surface area (Å²) in [6.07, 6.45) is 1.48. The van der Waals surface area contributed by atoms with Crippen molar-refractivity contribution < 1.29 is 9.59 Å². The van der Waals surface area contributed by atoms with Crippen molar-refractivity contribution in [1.29, 1.82) is 0 Å². The third-order valence-electron chi connectivity index (χ3n) is 2.98. The Labute approximate surface area is 133 Å². The molecule has 0 aliphatic heterocycles. The van der Waals surface area contributed by atoms with Crippen molar-refractivity contribution in [3.8, 4) is 0 Å². The Morgan fingerprint density at radius 2 is 2.00 bits per heavy atom. The van der Waals surface area contributed by atoms with Crippen LogP contribution in [-0.2, 0) is 4.79 Å². The number of thioether (sulfide) groups is 1. The molecular weight excluding hydrogens is 298 g/mol. The summed E-state index contributed by atoms with van der Waals surface area (Å²) in [4.78, 5) is 31.7. The third-order valence-corrected chi connectivity index (χ3v) is 4.01. The Balaban J connectivity index is 2.02. The normalized spacial score (nSPS) is 11.8. The van der Waals surface area contributed by atoms with E-state index in [2.05, 4.69) is 15.3 Å². The van der Waals surface area contributed by atoms with Crippen molar-refractivity contribution in [2.24, 2.45) is 0 Å². The molecule has 0 spiro atoms. The molecule has 1 amide bonds.